The fourth-order valence-electron chi connectivity index (χ4n) is 3.61. The van der Waals surface area contributed by atoms with Gasteiger partial charge in [-0.25, -0.2) is 9.97 Å². The maximum Gasteiger partial charge on any atom is 0.241 e. The summed E-state index contributed by atoms with van der Waals surface area (Å²) in [5.74, 6) is 0.839. The lowest BCUT2D eigenvalue weighted by molar-refractivity contribution is -0.129. The van der Waals surface area contributed by atoms with Crippen molar-refractivity contribution in [2.75, 3.05) is 30.3 Å². The summed E-state index contributed by atoms with van der Waals surface area (Å²) in [6, 6.07) is 7.26. The number of H-pyrrole nitrogens is 1. The van der Waals surface area contributed by atoms with Crippen LogP contribution in [0, 0.1) is 0 Å². The molecule has 0 aliphatic carbocycles. The van der Waals surface area contributed by atoms with Gasteiger partial charge in [0.25, 0.3) is 0 Å². The lowest BCUT2D eigenvalue weighted by atomic mass is 10.1. The molecule has 0 spiro atoms. The van der Waals surface area contributed by atoms with Crippen LogP contribution in [0.15, 0.2) is 36.8 Å². The molecule has 1 aliphatic rings. The maximum atomic E-state index is 12.8. The first-order valence-electron chi connectivity index (χ1n) is 9.61. The van der Waals surface area contributed by atoms with Crippen LogP contribution in [0.2, 0.25) is 10.0 Å². The number of hydrogen-bond donors (Lipinski definition) is 3. The van der Waals surface area contributed by atoms with E-state index in [1.54, 1.807) is 24.5 Å². The third kappa shape index (κ3) is 4.92. The fraction of sp³-hybridized carbons (Fsp3) is 0.350. The number of anilines is 2. The summed E-state index contributed by atoms with van der Waals surface area (Å²) in [4.78, 5) is 26.4. The predicted octanol–water partition coefficient (Wildman–Crippen LogP) is 4.17. The number of nitrogens with zero attached hydrogens (tertiary/aromatic N) is 3. The minimum absolute atomic E-state index is 0.0456. The Morgan fingerprint density at radius 1 is 1.21 bits per heavy atom. The molecule has 1 aromatic carbocycles. The number of halogens is 2. The predicted molar refractivity (Wildman–Crippen MR) is 117 cm³/mol. The number of nitrogens with one attached hydrogen (secondary N) is 3. The summed E-state index contributed by atoms with van der Waals surface area (Å²) in [6.07, 6.45) is 6.41. The zero-order valence-electron chi connectivity index (χ0n) is 15.8. The molecular formula is C20H22Cl2N6O. The van der Waals surface area contributed by atoms with Crippen LogP contribution >= 0.6 is 23.2 Å². The summed E-state index contributed by atoms with van der Waals surface area (Å²) in [5, 5.41) is 8.65. The third-order valence-corrected chi connectivity index (χ3v) is 5.46. The molecule has 4 rings (SSSR count). The summed E-state index contributed by atoms with van der Waals surface area (Å²) in [6.45, 7) is 1.57. The minimum Gasteiger partial charge on any atom is -0.376 e. The van der Waals surface area contributed by atoms with Gasteiger partial charge in [0.05, 0.1) is 11.9 Å². The number of hydrogen-bond acceptors (Lipinski definition) is 5. The average molecular weight is 433 g/mol. The summed E-state index contributed by atoms with van der Waals surface area (Å²) < 4.78 is 0. The Bertz CT molecular complexity index is 987. The van der Waals surface area contributed by atoms with Gasteiger partial charge in [-0.1, -0.05) is 23.2 Å². The van der Waals surface area contributed by atoms with E-state index in [4.69, 9.17) is 23.2 Å². The second kappa shape index (κ2) is 8.88. The van der Waals surface area contributed by atoms with Crippen LogP contribution in [0.5, 0.6) is 0 Å². The van der Waals surface area contributed by atoms with Crippen molar-refractivity contribution in [2.45, 2.75) is 25.3 Å². The van der Waals surface area contributed by atoms with Gasteiger partial charge in [0.2, 0.25) is 5.91 Å². The topological polar surface area (TPSA) is 85.9 Å². The van der Waals surface area contributed by atoms with Gasteiger partial charge in [-0.05, 0) is 43.5 Å². The Morgan fingerprint density at radius 2 is 2.03 bits per heavy atom. The highest BCUT2D eigenvalue weighted by molar-refractivity contribution is 6.35. The molecule has 1 fully saturated rings. The molecule has 1 aliphatic heterocycles. The van der Waals surface area contributed by atoms with Crippen molar-refractivity contribution in [1.29, 1.82) is 0 Å². The van der Waals surface area contributed by atoms with Crippen molar-refractivity contribution in [2.24, 2.45) is 0 Å². The lowest BCUT2D eigenvalue weighted by Gasteiger charge is -2.26. The van der Waals surface area contributed by atoms with E-state index in [2.05, 4.69) is 25.6 Å². The number of aromatic amines is 1. The average Bonchev–Trinajstić information content (AvgIpc) is 3.05. The van der Waals surface area contributed by atoms with Crippen molar-refractivity contribution in [3.05, 3.63) is 46.8 Å². The van der Waals surface area contributed by atoms with Crippen molar-refractivity contribution in [1.82, 2.24) is 19.9 Å². The highest BCUT2D eigenvalue weighted by Crippen LogP contribution is 2.23. The molecule has 1 amide bonds. The number of benzene rings is 1. The molecule has 1 atom stereocenters. The largest absolute Gasteiger partial charge is 0.376 e. The molecule has 1 unspecified atom stereocenters. The number of rotatable bonds is 5. The number of fused-ring (bicyclic) bond motifs is 1. The maximum absolute atomic E-state index is 12.8. The summed E-state index contributed by atoms with van der Waals surface area (Å²) in [5.41, 5.74) is 1.53. The smallest absolute Gasteiger partial charge is 0.241 e. The molecule has 0 saturated carbocycles. The molecule has 3 N–H and O–H groups in total. The minimum atomic E-state index is 0.0456. The summed E-state index contributed by atoms with van der Waals surface area (Å²) >= 11 is 12.0. The van der Waals surface area contributed by atoms with Crippen LogP contribution in [-0.2, 0) is 4.79 Å². The molecule has 29 heavy (non-hydrogen) atoms. The molecular weight excluding hydrogens is 411 g/mol. The normalized spacial score (nSPS) is 17.2. The van der Waals surface area contributed by atoms with Gasteiger partial charge in [0.15, 0.2) is 0 Å². The Hall–Kier alpha value is -2.51. The Labute approximate surface area is 178 Å². The quantitative estimate of drug-likeness (QED) is 0.563. The van der Waals surface area contributed by atoms with Crippen LogP contribution in [0.25, 0.3) is 11.0 Å². The van der Waals surface area contributed by atoms with Gasteiger partial charge in [-0.3, -0.25) is 4.79 Å². The van der Waals surface area contributed by atoms with Gasteiger partial charge in [0, 0.05) is 41.1 Å². The summed E-state index contributed by atoms with van der Waals surface area (Å²) in [7, 11) is 0. The number of aromatic nitrogens is 3. The molecule has 9 heteroatoms. The number of carbonyl (C=O) groups excluding carboxylic acids is 1. The monoisotopic (exact) mass is 432 g/mol. The molecule has 3 heterocycles. The first kappa shape index (κ1) is 19.8. The Kier molecular flexibility index (Phi) is 6.06. The van der Waals surface area contributed by atoms with Crippen molar-refractivity contribution in [3.63, 3.8) is 0 Å². The van der Waals surface area contributed by atoms with Crippen molar-refractivity contribution >= 4 is 51.6 Å². The molecule has 7 nitrogen and oxygen atoms in total. The zero-order valence-corrected chi connectivity index (χ0v) is 17.3. The van der Waals surface area contributed by atoms with Crippen LogP contribution in [0.3, 0.4) is 0 Å². The van der Waals surface area contributed by atoms with Gasteiger partial charge < -0.3 is 20.5 Å². The first-order chi connectivity index (χ1) is 14.1. The Morgan fingerprint density at radius 3 is 2.86 bits per heavy atom. The second-order valence-corrected chi connectivity index (χ2v) is 8.02. The molecule has 0 bridgehead atoms. The zero-order chi connectivity index (χ0) is 20.2. The molecule has 3 aromatic rings. The third-order valence-electron chi connectivity index (χ3n) is 5.03. The van der Waals surface area contributed by atoms with E-state index < -0.39 is 0 Å². The first-order valence-corrected chi connectivity index (χ1v) is 10.4. The fourth-order valence-corrected chi connectivity index (χ4v) is 4.14. The number of amides is 1. The Balaban J connectivity index is 1.39. The number of carbonyl (C=O) groups is 1. The van der Waals surface area contributed by atoms with E-state index in [1.165, 1.54) is 0 Å². The van der Waals surface area contributed by atoms with Crippen LogP contribution < -0.4 is 10.6 Å². The van der Waals surface area contributed by atoms with Crippen LogP contribution in [0.1, 0.15) is 19.3 Å². The van der Waals surface area contributed by atoms with E-state index >= 15 is 0 Å². The lowest BCUT2D eigenvalue weighted by Crippen LogP contribution is -2.42. The molecule has 152 valence electrons. The van der Waals surface area contributed by atoms with E-state index in [0.29, 0.717) is 16.6 Å². The SMILES string of the molecule is O=C(CNc1cc(Cl)cc(Cl)c1)N1CCCCC(Nc2ncnc3[nH]ccc23)C1. The van der Waals surface area contributed by atoms with Gasteiger partial charge in [-0.2, -0.15) is 0 Å². The van der Waals surface area contributed by atoms with Crippen LogP contribution in [-0.4, -0.2) is 51.4 Å². The highest BCUT2D eigenvalue weighted by atomic mass is 35.5. The van der Waals surface area contributed by atoms with E-state index in [9.17, 15) is 4.79 Å². The van der Waals surface area contributed by atoms with Crippen molar-refractivity contribution < 1.29 is 4.79 Å². The standard InChI is InChI=1S/C20H22Cl2N6O/c21-13-7-14(22)9-16(8-13)24-10-18(29)28-6-2-1-3-15(11-28)27-20-17-4-5-23-19(17)25-12-26-20/h4-5,7-9,12,15,24H,1-3,6,10-11H2,(H2,23,25,26,27). The van der Waals surface area contributed by atoms with Crippen molar-refractivity contribution in [3.8, 4) is 0 Å². The van der Waals surface area contributed by atoms with Gasteiger partial charge in [0.1, 0.15) is 17.8 Å². The van der Waals surface area contributed by atoms with E-state index in [-0.39, 0.29) is 18.5 Å². The highest BCUT2D eigenvalue weighted by Gasteiger charge is 2.22. The van der Waals surface area contributed by atoms with Crippen LogP contribution in [0.4, 0.5) is 11.5 Å². The molecule has 1 saturated heterocycles. The second-order valence-electron chi connectivity index (χ2n) is 7.15. The molecule has 0 radical (unpaired) electrons. The van der Waals surface area contributed by atoms with Gasteiger partial charge >= 0.3 is 0 Å². The van der Waals surface area contributed by atoms with E-state index in [1.807, 2.05) is 17.2 Å². The molecule has 2 aromatic heterocycles. The van der Waals surface area contributed by atoms with Gasteiger partial charge in [-0.15, -0.1) is 0 Å². The number of likely N-dealkylation sites (tertiary alicyclic amines) is 1. The van der Waals surface area contributed by atoms with E-state index in [0.717, 1.165) is 48.3 Å².